The minimum Gasteiger partial charge on any atom is -0.480 e. The molecule has 0 aliphatic carbocycles. The van der Waals surface area contributed by atoms with Gasteiger partial charge in [-0.05, 0) is 38.3 Å². The Balaban J connectivity index is 2.30. The number of carboxylic acid groups (broad SMARTS) is 1. The third-order valence-corrected chi connectivity index (χ3v) is 3.56. The molecule has 1 unspecified atom stereocenters. The van der Waals surface area contributed by atoms with Gasteiger partial charge in [0, 0.05) is 6.54 Å². The highest BCUT2D eigenvalue weighted by atomic mass is 16.5. The Kier molecular flexibility index (Phi) is 4.22. The van der Waals surface area contributed by atoms with E-state index in [2.05, 4.69) is 9.72 Å². The smallest absolute Gasteiger partial charge is 0.339 e. The molecular weight excluding hydrogens is 260 g/mol. The predicted molar refractivity (Wildman–Crippen MR) is 72.9 cm³/mol. The molecule has 108 valence electrons. The zero-order valence-corrected chi connectivity index (χ0v) is 11.6. The predicted octanol–water partition coefficient (Wildman–Crippen LogP) is 1.62. The molecule has 1 aliphatic rings. The van der Waals surface area contributed by atoms with Crippen LogP contribution >= 0.6 is 0 Å². The number of hydrogen-bond acceptors (Lipinski definition) is 5. The SMILES string of the molecule is COC(=O)c1ccc(N2CCCCC2C(=O)O)nc1C. The highest BCUT2D eigenvalue weighted by molar-refractivity contribution is 5.90. The minimum absolute atomic E-state index is 0.403. The van der Waals surface area contributed by atoms with Crippen molar-refractivity contribution < 1.29 is 19.4 Å². The van der Waals surface area contributed by atoms with Crippen molar-refractivity contribution in [3.8, 4) is 0 Å². The molecule has 0 aromatic carbocycles. The first-order valence-electron chi connectivity index (χ1n) is 6.60. The second kappa shape index (κ2) is 5.90. The number of ether oxygens (including phenoxy) is 1. The van der Waals surface area contributed by atoms with Gasteiger partial charge in [-0.15, -0.1) is 0 Å². The molecule has 1 N–H and O–H groups in total. The number of piperidine rings is 1. The zero-order chi connectivity index (χ0) is 14.7. The molecular formula is C14H18N2O4. The molecule has 1 saturated heterocycles. The molecule has 6 heteroatoms. The van der Waals surface area contributed by atoms with Crippen molar-refractivity contribution >= 4 is 17.8 Å². The highest BCUT2D eigenvalue weighted by Gasteiger charge is 2.29. The van der Waals surface area contributed by atoms with Crippen LogP contribution in [0.5, 0.6) is 0 Å². The molecule has 0 bridgehead atoms. The van der Waals surface area contributed by atoms with Gasteiger partial charge in [-0.3, -0.25) is 0 Å². The number of aliphatic carboxylic acids is 1. The summed E-state index contributed by atoms with van der Waals surface area (Å²) in [5.41, 5.74) is 0.948. The van der Waals surface area contributed by atoms with E-state index >= 15 is 0 Å². The molecule has 1 aliphatic heterocycles. The third-order valence-electron chi connectivity index (χ3n) is 3.56. The average molecular weight is 278 g/mol. The lowest BCUT2D eigenvalue weighted by Gasteiger charge is -2.34. The molecule has 0 radical (unpaired) electrons. The van der Waals surface area contributed by atoms with Crippen LogP contribution in [-0.2, 0) is 9.53 Å². The maximum Gasteiger partial charge on any atom is 0.339 e. The summed E-state index contributed by atoms with van der Waals surface area (Å²) in [6.45, 7) is 2.39. The van der Waals surface area contributed by atoms with Crippen LogP contribution < -0.4 is 4.90 Å². The lowest BCUT2D eigenvalue weighted by atomic mass is 10.0. The standard InChI is InChI=1S/C14H18N2O4/c1-9-10(14(19)20-2)6-7-12(15-9)16-8-4-3-5-11(16)13(17)18/h6-7,11H,3-5,8H2,1-2H3,(H,17,18). The van der Waals surface area contributed by atoms with Gasteiger partial charge < -0.3 is 14.7 Å². The summed E-state index contributed by atoms with van der Waals surface area (Å²) in [6, 6.07) is 2.77. The quantitative estimate of drug-likeness (QED) is 0.846. The van der Waals surface area contributed by atoms with Crippen molar-refractivity contribution in [3.63, 3.8) is 0 Å². The van der Waals surface area contributed by atoms with Crippen LogP contribution in [0.2, 0.25) is 0 Å². The maximum atomic E-state index is 11.5. The summed E-state index contributed by atoms with van der Waals surface area (Å²) in [5, 5.41) is 9.28. The topological polar surface area (TPSA) is 79.7 Å². The summed E-state index contributed by atoms with van der Waals surface area (Å²) in [4.78, 5) is 29.0. The largest absolute Gasteiger partial charge is 0.480 e. The van der Waals surface area contributed by atoms with Crippen LogP contribution in [0.25, 0.3) is 0 Å². The Hall–Kier alpha value is -2.11. The lowest BCUT2D eigenvalue weighted by Crippen LogP contribution is -2.45. The first kappa shape index (κ1) is 14.3. The first-order chi connectivity index (χ1) is 9.54. The van der Waals surface area contributed by atoms with Gasteiger partial charge in [0.1, 0.15) is 11.9 Å². The Morgan fingerprint density at radius 3 is 2.75 bits per heavy atom. The summed E-state index contributed by atoms with van der Waals surface area (Å²) in [7, 11) is 1.32. The normalized spacial score (nSPS) is 18.7. The van der Waals surface area contributed by atoms with E-state index < -0.39 is 18.0 Å². The van der Waals surface area contributed by atoms with Gasteiger partial charge in [0.05, 0.1) is 18.4 Å². The number of aryl methyl sites for hydroxylation is 1. The van der Waals surface area contributed by atoms with E-state index in [1.807, 2.05) is 0 Å². The zero-order valence-electron chi connectivity index (χ0n) is 11.6. The number of rotatable bonds is 3. The van der Waals surface area contributed by atoms with Crippen LogP contribution in [0.3, 0.4) is 0 Å². The second-order valence-corrected chi connectivity index (χ2v) is 4.84. The fraction of sp³-hybridized carbons (Fsp3) is 0.500. The van der Waals surface area contributed by atoms with Crippen LogP contribution in [0, 0.1) is 6.92 Å². The highest BCUT2D eigenvalue weighted by Crippen LogP contribution is 2.24. The number of methoxy groups -OCH3 is 1. The van der Waals surface area contributed by atoms with Crippen LogP contribution in [0.1, 0.15) is 35.3 Å². The van der Waals surface area contributed by atoms with Crippen molar-refractivity contribution in [2.24, 2.45) is 0 Å². The minimum atomic E-state index is -0.832. The molecule has 6 nitrogen and oxygen atoms in total. The van der Waals surface area contributed by atoms with Crippen molar-refractivity contribution in [2.75, 3.05) is 18.6 Å². The summed E-state index contributed by atoms with van der Waals surface area (Å²) >= 11 is 0. The number of nitrogens with zero attached hydrogens (tertiary/aromatic N) is 2. The van der Waals surface area contributed by atoms with Crippen LogP contribution in [0.15, 0.2) is 12.1 Å². The number of carbonyl (C=O) groups excluding carboxylic acids is 1. The van der Waals surface area contributed by atoms with Gasteiger partial charge in [-0.25, -0.2) is 14.6 Å². The molecule has 20 heavy (non-hydrogen) atoms. The van der Waals surface area contributed by atoms with E-state index in [4.69, 9.17) is 0 Å². The summed E-state index contributed by atoms with van der Waals surface area (Å²) in [5.74, 6) is -0.668. The third kappa shape index (κ3) is 2.74. The van der Waals surface area contributed by atoms with Gasteiger partial charge in [0.25, 0.3) is 0 Å². The maximum absolute atomic E-state index is 11.5. The Morgan fingerprint density at radius 2 is 2.15 bits per heavy atom. The number of carbonyl (C=O) groups is 2. The molecule has 1 fully saturated rings. The monoisotopic (exact) mass is 278 g/mol. The van der Waals surface area contributed by atoms with Crippen LogP contribution in [0.4, 0.5) is 5.82 Å². The molecule has 0 saturated carbocycles. The summed E-state index contributed by atoms with van der Waals surface area (Å²) < 4.78 is 4.68. The van der Waals surface area contributed by atoms with E-state index in [1.165, 1.54) is 7.11 Å². The number of hydrogen-bond donors (Lipinski definition) is 1. The van der Waals surface area contributed by atoms with Crippen molar-refractivity contribution in [1.82, 2.24) is 4.98 Å². The van der Waals surface area contributed by atoms with Gasteiger partial charge in [0.15, 0.2) is 0 Å². The van der Waals surface area contributed by atoms with E-state index in [-0.39, 0.29) is 0 Å². The van der Waals surface area contributed by atoms with Crippen LogP contribution in [-0.4, -0.2) is 41.7 Å². The van der Waals surface area contributed by atoms with E-state index in [9.17, 15) is 14.7 Å². The molecule has 2 rings (SSSR count). The van der Waals surface area contributed by atoms with E-state index in [0.717, 1.165) is 12.8 Å². The van der Waals surface area contributed by atoms with E-state index in [1.54, 1.807) is 24.0 Å². The Bertz CT molecular complexity index is 530. The number of esters is 1. The Labute approximate surface area is 117 Å². The van der Waals surface area contributed by atoms with Gasteiger partial charge in [-0.2, -0.15) is 0 Å². The molecule has 0 amide bonds. The molecule has 0 spiro atoms. The molecule has 1 atom stereocenters. The average Bonchev–Trinajstić information content (AvgIpc) is 2.46. The fourth-order valence-corrected chi connectivity index (χ4v) is 2.50. The van der Waals surface area contributed by atoms with Gasteiger partial charge in [0.2, 0.25) is 0 Å². The van der Waals surface area contributed by atoms with Crippen molar-refractivity contribution in [1.29, 1.82) is 0 Å². The van der Waals surface area contributed by atoms with Gasteiger partial charge in [-0.1, -0.05) is 0 Å². The number of pyridine rings is 1. The van der Waals surface area contributed by atoms with Crippen molar-refractivity contribution in [2.45, 2.75) is 32.2 Å². The van der Waals surface area contributed by atoms with E-state index in [0.29, 0.717) is 30.0 Å². The molecule has 2 heterocycles. The van der Waals surface area contributed by atoms with Crippen molar-refractivity contribution in [3.05, 3.63) is 23.4 Å². The number of aromatic nitrogens is 1. The fourth-order valence-electron chi connectivity index (χ4n) is 2.50. The molecule has 1 aromatic rings. The number of carboxylic acids is 1. The lowest BCUT2D eigenvalue weighted by molar-refractivity contribution is -0.139. The number of anilines is 1. The Morgan fingerprint density at radius 1 is 1.40 bits per heavy atom. The first-order valence-corrected chi connectivity index (χ1v) is 6.60. The second-order valence-electron chi connectivity index (χ2n) is 4.84. The summed E-state index contributed by atoms with van der Waals surface area (Å²) in [6.07, 6.45) is 2.48. The molecule has 1 aromatic heterocycles. The van der Waals surface area contributed by atoms with Gasteiger partial charge >= 0.3 is 11.9 Å².